The standard InChI is InChI=1S/C24H36N2O2.2ClH/c1-4-18(14-17-8-6-5-7-9-17)21-15-22(21)26-20-12-10-19(11-13-20)25-16-24(2,3)23(27)28;;/h5-9,14,19-22,25-26H,4,10-13,15-16H2,1-3H3,(H,27,28);2*1H/b18-14+;;/t19-,20-,21-,22+;;/m0../s1. The lowest BCUT2D eigenvalue weighted by Gasteiger charge is -2.32. The van der Waals surface area contributed by atoms with Crippen LogP contribution in [0.4, 0.5) is 0 Å². The Hall–Kier alpha value is -1.07. The number of aliphatic carboxylic acids is 1. The summed E-state index contributed by atoms with van der Waals surface area (Å²) in [5.74, 6) is -0.0390. The molecule has 30 heavy (non-hydrogen) atoms. The smallest absolute Gasteiger partial charge is 0.310 e. The number of hydrogen-bond donors (Lipinski definition) is 3. The van der Waals surface area contributed by atoms with Gasteiger partial charge in [0.25, 0.3) is 0 Å². The van der Waals surface area contributed by atoms with Crippen molar-refractivity contribution in [2.75, 3.05) is 6.54 Å². The van der Waals surface area contributed by atoms with Gasteiger partial charge in [-0.25, -0.2) is 0 Å². The predicted octanol–water partition coefficient (Wildman–Crippen LogP) is 5.31. The van der Waals surface area contributed by atoms with Crippen LogP contribution in [0.25, 0.3) is 6.08 Å². The Morgan fingerprint density at radius 1 is 1.10 bits per heavy atom. The normalized spacial score (nSPS) is 26.3. The van der Waals surface area contributed by atoms with E-state index in [1.54, 1.807) is 19.4 Å². The van der Waals surface area contributed by atoms with Crippen molar-refractivity contribution < 1.29 is 9.90 Å². The first-order valence-corrected chi connectivity index (χ1v) is 10.9. The molecule has 0 bridgehead atoms. The van der Waals surface area contributed by atoms with Gasteiger partial charge < -0.3 is 15.7 Å². The molecule has 1 aromatic carbocycles. The zero-order valence-corrected chi connectivity index (χ0v) is 20.0. The average molecular weight is 457 g/mol. The minimum absolute atomic E-state index is 0. The minimum atomic E-state index is -0.731. The van der Waals surface area contributed by atoms with E-state index in [0.717, 1.165) is 19.3 Å². The van der Waals surface area contributed by atoms with E-state index in [0.29, 0.717) is 30.6 Å². The summed E-state index contributed by atoms with van der Waals surface area (Å²) in [4.78, 5) is 11.2. The zero-order chi connectivity index (χ0) is 20.1. The molecule has 2 fully saturated rings. The Kier molecular flexibility index (Phi) is 10.9. The molecule has 4 nitrogen and oxygen atoms in total. The minimum Gasteiger partial charge on any atom is -0.481 e. The van der Waals surface area contributed by atoms with Gasteiger partial charge in [-0.3, -0.25) is 4.79 Å². The molecule has 2 saturated carbocycles. The molecular weight excluding hydrogens is 419 g/mol. The third-order valence-corrected chi connectivity index (χ3v) is 6.42. The maximum absolute atomic E-state index is 11.2. The van der Waals surface area contributed by atoms with Crippen LogP contribution in [0.3, 0.4) is 0 Å². The van der Waals surface area contributed by atoms with Crippen LogP contribution in [0.5, 0.6) is 0 Å². The van der Waals surface area contributed by atoms with E-state index in [1.165, 1.54) is 24.8 Å². The molecule has 0 heterocycles. The Labute approximate surface area is 194 Å². The van der Waals surface area contributed by atoms with Gasteiger partial charge in [-0.1, -0.05) is 48.9 Å². The van der Waals surface area contributed by atoms with E-state index in [2.05, 4.69) is 54.0 Å². The summed E-state index contributed by atoms with van der Waals surface area (Å²) in [6.07, 6.45) is 9.37. The van der Waals surface area contributed by atoms with Crippen LogP contribution in [-0.4, -0.2) is 35.7 Å². The Morgan fingerprint density at radius 2 is 1.70 bits per heavy atom. The summed E-state index contributed by atoms with van der Waals surface area (Å²) < 4.78 is 0. The van der Waals surface area contributed by atoms with Gasteiger partial charge in [0, 0.05) is 24.7 Å². The van der Waals surface area contributed by atoms with Gasteiger partial charge in [-0.05, 0) is 63.9 Å². The van der Waals surface area contributed by atoms with Crippen molar-refractivity contribution in [3.05, 3.63) is 41.5 Å². The quantitative estimate of drug-likeness (QED) is 0.470. The predicted molar refractivity (Wildman–Crippen MR) is 130 cm³/mol. The van der Waals surface area contributed by atoms with Gasteiger partial charge in [0.05, 0.1) is 5.41 Å². The summed E-state index contributed by atoms with van der Waals surface area (Å²) in [6.45, 7) is 6.38. The first kappa shape index (κ1) is 27.0. The summed E-state index contributed by atoms with van der Waals surface area (Å²) in [5.41, 5.74) is 2.17. The molecule has 1 aromatic rings. The molecule has 6 heteroatoms. The fourth-order valence-electron chi connectivity index (χ4n) is 4.27. The summed E-state index contributed by atoms with van der Waals surface area (Å²) >= 11 is 0. The fraction of sp³-hybridized carbons (Fsp3) is 0.625. The van der Waals surface area contributed by atoms with Gasteiger partial charge in [-0.2, -0.15) is 0 Å². The summed E-state index contributed by atoms with van der Waals surface area (Å²) in [6, 6.07) is 12.3. The molecule has 0 spiro atoms. The molecule has 0 amide bonds. The van der Waals surface area contributed by atoms with Crippen molar-refractivity contribution in [2.24, 2.45) is 11.3 Å². The molecule has 0 aromatic heterocycles. The molecule has 0 aliphatic heterocycles. The Morgan fingerprint density at radius 3 is 2.27 bits per heavy atom. The molecule has 3 rings (SSSR count). The SMILES string of the molecule is CC/C(=C\c1ccccc1)[C@@H]1C[C@H]1N[C@H]1CC[C@H](NCC(C)(C)C(=O)O)CC1.Cl.Cl. The lowest BCUT2D eigenvalue weighted by molar-refractivity contribution is -0.146. The molecule has 0 radical (unpaired) electrons. The van der Waals surface area contributed by atoms with Crippen molar-refractivity contribution in [2.45, 2.75) is 77.4 Å². The van der Waals surface area contributed by atoms with Gasteiger partial charge >= 0.3 is 5.97 Å². The number of nitrogens with one attached hydrogen (secondary N) is 2. The van der Waals surface area contributed by atoms with E-state index in [-0.39, 0.29) is 24.8 Å². The second-order valence-corrected chi connectivity index (χ2v) is 9.22. The molecule has 3 N–H and O–H groups in total. The van der Waals surface area contributed by atoms with Crippen LogP contribution in [0.2, 0.25) is 0 Å². The number of carboxylic acid groups (broad SMARTS) is 1. The second kappa shape index (κ2) is 12.1. The molecule has 2 atom stereocenters. The van der Waals surface area contributed by atoms with E-state index in [1.807, 2.05) is 0 Å². The van der Waals surface area contributed by atoms with Crippen LogP contribution in [0.15, 0.2) is 35.9 Å². The zero-order valence-electron chi connectivity index (χ0n) is 18.4. The third kappa shape index (κ3) is 7.56. The highest BCUT2D eigenvalue weighted by molar-refractivity contribution is 5.85. The van der Waals surface area contributed by atoms with Gasteiger partial charge in [0.2, 0.25) is 0 Å². The maximum Gasteiger partial charge on any atom is 0.310 e. The van der Waals surface area contributed by atoms with Crippen LogP contribution in [0.1, 0.15) is 64.9 Å². The lowest BCUT2D eigenvalue weighted by atomic mass is 9.88. The van der Waals surface area contributed by atoms with E-state index < -0.39 is 11.4 Å². The average Bonchev–Trinajstić information content (AvgIpc) is 3.45. The number of hydrogen-bond acceptors (Lipinski definition) is 3. The number of halogens is 2. The summed E-state index contributed by atoms with van der Waals surface area (Å²) in [7, 11) is 0. The lowest BCUT2D eigenvalue weighted by Crippen LogP contribution is -2.45. The van der Waals surface area contributed by atoms with Gasteiger partial charge in [0.1, 0.15) is 0 Å². The van der Waals surface area contributed by atoms with E-state index in [4.69, 9.17) is 0 Å². The number of carbonyl (C=O) groups is 1. The highest BCUT2D eigenvalue weighted by Crippen LogP contribution is 2.40. The molecule has 0 unspecified atom stereocenters. The maximum atomic E-state index is 11.2. The molecule has 2 aliphatic carbocycles. The monoisotopic (exact) mass is 456 g/mol. The van der Waals surface area contributed by atoms with Gasteiger partial charge in [-0.15, -0.1) is 24.8 Å². The molecule has 2 aliphatic rings. The van der Waals surface area contributed by atoms with E-state index in [9.17, 15) is 9.90 Å². The molecule has 0 saturated heterocycles. The first-order chi connectivity index (χ1) is 13.4. The first-order valence-electron chi connectivity index (χ1n) is 10.9. The fourth-order valence-corrected chi connectivity index (χ4v) is 4.27. The topological polar surface area (TPSA) is 61.4 Å². The van der Waals surface area contributed by atoms with Crippen molar-refractivity contribution in [1.82, 2.24) is 10.6 Å². The highest BCUT2D eigenvalue weighted by atomic mass is 35.5. The third-order valence-electron chi connectivity index (χ3n) is 6.42. The second-order valence-electron chi connectivity index (χ2n) is 9.22. The van der Waals surface area contributed by atoms with Crippen LogP contribution >= 0.6 is 24.8 Å². The highest BCUT2D eigenvalue weighted by Gasteiger charge is 2.40. The van der Waals surface area contributed by atoms with Crippen LogP contribution in [-0.2, 0) is 4.79 Å². The van der Waals surface area contributed by atoms with Crippen molar-refractivity contribution >= 4 is 36.9 Å². The number of carboxylic acids is 1. The molecular formula is C24H38Cl2N2O2. The Bertz CT molecular complexity index is 686. The van der Waals surface area contributed by atoms with Crippen molar-refractivity contribution in [1.29, 1.82) is 0 Å². The van der Waals surface area contributed by atoms with Crippen LogP contribution < -0.4 is 10.6 Å². The number of rotatable bonds is 9. The Balaban J connectivity index is 0.00000225. The van der Waals surface area contributed by atoms with Crippen LogP contribution in [0, 0.1) is 11.3 Å². The van der Waals surface area contributed by atoms with Crippen molar-refractivity contribution in [3.63, 3.8) is 0 Å². The van der Waals surface area contributed by atoms with E-state index >= 15 is 0 Å². The molecule has 170 valence electrons. The number of benzene rings is 1. The largest absolute Gasteiger partial charge is 0.481 e. The summed E-state index contributed by atoms with van der Waals surface area (Å²) in [5, 5.41) is 16.6. The van der Waals surface area contributed by atoms with Crippen molar-refractivity contribution in [3.8, 4) is 0 Å². The van der Waals surface area contributed by atoms with Gasteiger partial charge in [0.15, 0.2) is 0 Å².